The number of carbonyl (C=O) groups is 1. The highest BCUT2D eigenvalue weighted by Crippen LogP contribution is 2.40. The van der Waals surface area contributed by atoms with Crippen molar-refractivity contribution in [2.24, 2.45) is 17.6 Å². The van der Waals surface area contributed by atoms with Crippen LogP contribution >= 0.6 is 0 Å². The van der Waals surface area contributed by atoms with E-state index in [1.54, 1.807) is 4.57 Å². The number of fused-ring (bicyclic) bond motifs is 2. The fourth-order valence-corrected chi connectivity index (χ4v) is 4.62. The number of benzene rings is 1. The largest absolute Gasteiger partial charge is 0.369 e. The number of aryl methyl sites for hydroxylation is 1. The Bertz CT molecular complexity index is 865. The zero-order valence-corrected chi connectivity index (χ0v) is 14.0. The molecule has 2 unspecified atom stereocenters. The highest BCUT2D eigenvalue weighted by atomic mass is 16.1. The van der Waals surface area contributed by atoms with Crippen molar-refractivity contribution in [1.29, 1.82) is 0 Å². The molecule has 2 aliphatic rings. The lowest BCUT2D eigenvalue weighted by molar-refractivity contribution is -0.120. The molecule has 2 N–H and O–H groups in total. The summed E-state index contributed by atoms with van der Waals surface area (Å²) in [6.07, 6.45) is 5.61. The second-order valence-corrected chi connectivity index (χ2v) is 7.35. The molecule has 126 valence electrons. The molecule has 1 aromatic heterocycles. The summed E-state index contributed by atoms with van der Waals surface area (Å²) in [6, 6.07) is 5.66. The molecule has 0 bridgehead atoms. The zero-order chi connectivity index (χ0) is 16.8. The van der Waals surface area contributed by atoms with Gasteiger partial charge in [0.05, 0.1) is 16.8 Å². The molecule has 0 radical (unpaired) electrons. The number of primary amides is 1. The van der Waals surface area contributed by atoms with Crippen molar-refractivity contribution < 1.29 is 4.79 Å². The Balaban J connectivity index is 1.89. The van der Waals surface area contributed by atoms with E-state index in [0.29, 0.717) is 35.1 Å². The predicted octanol–water partition coefficient (Wildman–Crippen LogP) is 2.48. The van der Waals surface area contributed by atoms with Gasteiger partial charge in [-0.1, -0.05) is 37.8 Å². The summed E-state index contributed by atoms with van der Waals surface area (Å²) in [7, 11) is 0. The molecular weight excluding hydrogens is 302 g/mol. The quantitative estimate of drug-likeness (QED) is 0.921. The van der Waals surface area contributed by atoms with Gasteiger partial charge in [-0.3, -0.25) is 14.2 Å². The Kier molecular flexibility index (Phi) is 3.66. The van der Waals surface area contributed by atoms with Crippen molar-refractivity contribution in [2.45, 2.75) is 51.5 Å². The van der Waals surface area contributed by atoms with E-state index in [0.717, 1.165) is 12.0 Å². The minimum atomic E-state index is -0.457. The Morgan fingerprint density at radius 3 is 2.71 bits per heavy atom. The van der Waals surface area contributed by atoms with E-state index in [1.165, 1.54) is 25.7 Å². The standard InChI is InChI=1S/C19H23N3O2/c1-11-5-4-8-15-16(11)19(24)22-10-13(12-6-2-3-7-12)9-14(17(20)23)18(22)21-15/h4-5,8,12-14H,2-3,6-7,9-10H2,1H3,(H2,20,23). The van der Waals surface area contributed by atoms with Crippen LogP contribution < -0.4 is 11.3 Å². The third-order valence-electron chi connectivity index (χ3n) is 5.90. The van der Waals surface area contributed by atoms with E-state index in [1.807, 2.05) is 25.1 Å². The summed E-state index contributed by atoms with van der Waals surface area (Å²) in [5.74, 6) is 0.671. The molecule has 1 aliphatic carbocycles. The van der Waals surface area contributed by atoms with Crippen LogP contribution in [0.1, 0.15) is 49.4 Å². The van der Waals surface area contributed by atoms with Gasteiger partial charge in [0.2, 0.25) is 5.91 Å². The Labute approximate surface area is 140 Å². The molecule has 1 aliphatic heterocycles. The van der Waals surface area contributed by atoms with Gasteiger partial charge in [-0.15, -0.1) is 0 Å². The second kappa shape index (κ2) is 5.72. The van der Waals surface area contributed by atoms with Crippen LogP contribution in [0, 0.1) is 18.8 Å². The van der Waals surface area contributed by atoms with Gasteiger partial charge in [0.25, 0.3) is 5.56 Å². The number of nitrogens with two attached hydrogens (primary N) is 1. The van der Waals surface area contributed by atoms with Crippen molar-refractivity contribution in [3.63, 3.8) is 0 Å². The van der Waals surface area contributed by atoms with E-state index in [4.69, 9.17) is 5.73 Å². The molecule has 1 saturated carbocycles. The topological polar surface area (TPSA) is 78.0 Å². The molecule has 2 aromatic rings. The third kappa shape index (κ3) is 2.34. The summed E-state index contributed by atoms with van der Waals surface area (Å²) >= 11 is 0. The number of hydrogen-bond acceptors (Lipinski definition) is 3. The van der Waals surface area contributed by atoms with Crippen LogP contribution in [0.25, 0.3) is 10.9 Å². The molecular formula is C19H23N3O2. The summed E-state index contributed by atoms with van der Waals surface area (Å²) in [5, 5.41) is 0.663. The first kappa shape index (κ1) is 15.4. The van der Waals surface area contributed by atoms with Crippen LogP contribution in [0.2, 0.25) is 0 Å². The molecule has 5 nitrogen and oxygen atoms in total. The fourth-order valence-electron chi connectivity index (χ4n) is 4.62. The molecule has 1 aromatic carbocycles. The van der Waals surface area contributed by atoms with Crippen molar-refractivity contribution in [3.05, 3.63) is 39.9 Å². The average molecular weight is 325 g/mol. The molecule has 0 saturated heterocycles. The van der Waals surface area contributed by atoms with Gasteiger partial charge in [0, 0.05) is 6.54 Å². The van der Waals surface area contributed by atoms with Gasteiger partial charge in [-0.25, -0.2) is 4.98 Å². The van der Waals surface area contributed by atoms with Crippen LogP contribution in [0.5, 0.6) is 0 Å². The number of carbonyl (C=O) groups excluding carboxylic acids is 1. The molecule has 24 heavy (non-hydrogen) atoms. The number of rotatable bonds is 2. The highest BCUT2D eigenvalue weighted by Gasteiger charge is 2.37. The van der Waals surface area contributed by atoms with E-state index < -0.39 is 5.92 Å². The maximum absolute atomic E-state index is 13.1. The summed E-state index contributed by atoms with van der Waals surface area (Å²) < 4.78 is 1.73. The number of nitrogens with zero attached hydrogens (tertiary/aromatic N) is 2. The van der Waals surface area contributed by atoms with Crippen LogP contribution in [-0.4, -0.2) is 15.5 Å². The van der Waals surface area contributed by atoms with Gasteiger partial charge in [0.15, 0.2) is 0 Å². The first-order valence-corrected chi connectivity index (χ1v) is 8.85. The number of amides is 1. The van der Waals surface area contributed by atoms with Crippen molar-refractivity contribution in [1.82, 2.24) is 9.55 Å². The minimum Gasteiger partial charge on any atom is -0.369 e. The summed E-state index contributed by atoms with van der Waals surface area (Å²) in [6.45, 7) is 2.60. The highest BCUT2D eigenvalue weighted by molar-refractivity contribution is 5.84. The normalized spacial score (nSPS) is 24.2. The van der Waals surface area contributed by atoms with E-state index >= 15 is 0 Å². The van der Waals surface area contributed by atoms with Gasteiger partial charge in [0.1, 0.15) is 5.82 Å². The Morgan fingerprint density at radius 2 is 2.00 bits per heavy atom. The maximum Gasteiger partial charge on any atom is 0.261 e. The number of aromatic nitrogens is 2. The lowest BCUT2D eigenvalue weighted by atomic mass is 9.80. The minimum absolute atomic E-state index is 0.0259. The Morgan fingerprint density at radius 1 is 1.25 bits per heavy atom. The summed E-state index contributed by atoms with van der Waals surface area (Å²) in [5.41, 5.74) is 7.24. The van der Waals surface area contributed by atoms with Crippen LogP contribution in [-0.2, 0) is 11.3 Å². The molecule has 1 fully saturated rings. The fraction of sp³-hybridized carbons (Fsp3) is 0.526. The van der Waals surface area contributed by atoms with Crippen molar-refractivity contribution in [2.75, 3.05) is 0 Å². The SMILES string of the molecule is Cc1cccc2nc3n(c(=O)c12)CC(C1CCCC1)CC3C(N)=O. The van der Waals surface area contributed by atoms with E-state index in [-0.39, 0.29) is 11.5 Å². The lowest BCUT2D eigenvalue weighted by Gasteiger charge is -2.34. The van der Waals surface area contributed by atoms with Gasteiger partial charge < -0.3 is 5.73 Å². The van der Waals surface area contributed by atoms with Gasteiger partial charge in [-0.05, 0) is 36.8 Å². The van der Waals surface area contributed by atoms with Crippen molar-refractivity contribution in [3.8, 4) is 0 Å². The predicted molar refractivity (Wildman–Crippen MR) is 92.7 cm³/mol. The third-order valence-corrected chi connectivity index (χ3v) is 5.90. The molecule has 4 rings (SSSR count). The molecule has 2 heterocycles. The van der Waals surface area contributed by atoms with Crippen LogP contribution in [0.3, 0.4) is 0 Å². The van der Waals surface area contributed by atoms with Crippen molar-refractivity contribution >= 4 is 16.8 Å². The molecule has 2 atom stereocenters. The number of hydrogen-bond donors (Lipinski definition) is 1. The Hall–Kier alpha value is -2.17. The average Bonchev–Trinajstić information content (AvgIpc) is 3.08. The maximum atomic E-state index is 13.1. The molecule has 5 heteroatoms. The first-order valence-electron chi connectivity index (χ1n) is 8.85. The lowest BCUT2D eigenvalue weighted by Crippen LogP contribution is -2.40. The van der Waals surface area contributed by atoms with E-state index in [9.17, 15) is 9.59 Å². The molecule has 1 amide bonds. The van der Waals surface area contributed by atoms with E-state index in [2.05, 4.69) is 4.98 Å². The zero-order valence-electron chi connectivity index (χ0n) is 14.0. The van der Waals surface area contributed by atoms with Gasteiger partial charge >= 0.3 is 0 Å². The summed E-state index contributed by atoms with van der Waals surface area (Å²) in [4.78, 5) is 29.8. The monoisotopic (exact) mass is 325 g/mol. The molecule has 0 spiro atoms. The van der Waals surface area contributed by atoms with Crippen LogP contribution in [0.4, 0.5) is 0 Å². The second-order valence-electron chi connectivity index (χ2n) is 7.35. The van der Waals surface area contributed by atoms with Gasteiger partial charge in [-0.2, -0.15) is 0 Å². The smallest absolute Gasteiger partial charge is 0.261 e. The van der Waals surface area contributed by atoms with Crippen LogP contribution in [0.15, 0.2) is 23.0 Å². The first-order chi connectivity index (χ1) is 11.6.